The average Bonchev–Trinajstić information content (AvgIpc) is 3.05. The third-order valence-corrected chi connectivity index (χ3v) is 4.48. The fraction of sp³-hybridized carbons (Fsp3) is 0.800. The maximum Gasteiger partial charge on any atom is 0.220 e. The molecule has 3 N–H and O–H groups in total. The van der Waals surface area contributed by atoms with Crippen molar-refractivity contribution >= 4 is 18.2 Å². The van der Waals surface area contributed by atoms with Gasteiger partial charge in [0.1, 0.15) is 12.2 Å². The Morgan fingerprint density at radius 2 is 2.24 bits per heavy atom. The molecule has 1 fully saturated rings. The van der Waals surface area contributed by atoms with Crippen LogP contribution in [0.1, 0.15) is 20.8 Å². The van der Waals surface area contributed by atoms with Crippen molar-refractivity contribution in [2.75, 3.05) is 13.7 Å². The van der Waals surface area contributed by atoms with E-state index in [0.717, 1.165) is 0 Å². The molecule has 10 heteroatoms. The van der Waals surface area contributed by atoms with Gasteiger partial charge in [-0.3, -0.25) is 4.99 Å². The van der Waals surface area contributed by atoms with Gasteiger partial charge in [0.2, 0.25) is 11.9 Å². The molecule has 0 spiro atoms. The molecule has 0 saturated carbocycles. The minimum Gasteiger partial charge on any atom is -0.482 e. The highest BCUT2D eigenvalue weighted by Crippen LogP contribution is 2.39. The van der Waals surface area contributed by atoms with Crippen molar-refractivity contribution in [1.29, 1.82) is 0 Å². The number of aliphatic imine (C=N–C) groups is 3. The monoisotopic (exact) mass is 357 g/mol. The molecular formula is C15H24FN5O4. The minimum atomic E-state index is -2.04. The highest BCUT2D eigenvalue weighted by molar-refractivity contribution is 5.99. The summed E-state index contributed by atoms with van der Waals surface area (Å²) in [5.41, 5.74) is 3.67. The Hall–Kier alpha value is -1.78. The molecule has 0 amide bonds. The molecule has 0 aromatic heterocycles. The fourth-order valence-electron chi connectivity index (χ4n) is 3.16. The van der Waals surface area contributed by atoms with Crippen LogP contribution in [0, 0.1) is 0 Å². The molecular weight excluding hydrogens is 333 g/mol. The maximum absolute atomic E-state index is 15.3. The van der Waals surface area contributed by atoms with Gasteiger partial charge in [0, 0.05) is 0 Å². The molecule has 0 aromatic rings. The van der Waals surface area contributed by atoms with Crippen LogP contribution in [0.5, 0.6) is 0 Å². The predicted octanol–water partition coefficient (Wildman–Crippen LogP) is -0.363. The Morgan fingerprint density at radius 3 is 2.88 bits per heavy atom. The van der Waals surface area contributed by atoms with Gasteiger partial charge in [-0.05, 0) is 20.8 Å². The molecule has 6 atom stereocenters. The molecule has 3 aliphatic rings. The number of hydrogen-bond donors (Lipinski definition) is 2. The summed E-state index contributed by atoms with van der Waals surface area (Å²) >= 11 is 0. The number of aliphatic hydroxyl groups is 1. The second-order valence-electron chi connectivity index (χ2n) is 6.72. The Bertz CT molecular complexity index is 609. The van der Waals surface area contributed by atoms with Crippen LogP contribution in [-0.4, -0.2) is 84.3 Å². The number of guanidine groups is 1. The van der Waals surface area contributed by atoms with Crippen molar-refractivity contribution in [3.63, 3.8) is 0 Å². The Morgan fingerprint density at radius 1 is 1.52 bits per heavy atom. The van der Waals surface area contributed by atoms with Crippen LogP contribution in [-0.2, 0) is 14.2 Å². The van der Waals surface area contributed by atoms with E-state index in [1.807, 2.05) is 13.8 Å². The molecule has 140 valence electrons. The first-order chi connectivity index (χ1) is 11.8. The number of halogens is 1. The molecule has 2 unspecified atom stereocenters. The Labute approximate surface area is 145 Å². The largest absolute Gasteiger partial charge is 0.482 e. The zero-order valence-electron chi connectivity index (χ0n) is 14.7. The summed E-state index contributed by atoms with van der Waals surface area (Å²) in [6, 6.07) is -0.528. The first-order valence-corrected chi connectivity index (χ1v) is 8.16. The van der Waals surface area contributed by atoms with E-state index < -0.39 is 36.3 Å². The normalized spacial score (nSPS) is 40.3. The van der Waals surface area contributed by atoms with Gasteiger partial charge in [0.25, 0.3) is 0 Å². The van der Waals surface area contributed by atoms with Gasteiger partial charge in [0.15, 0.2) is 24.1 Å². The summed E-state index contributed by atoms with van der Waals surface area (Å²) in [5.74, 6) is 0.322. The third kappa shape index (κ3) is 3.09. The van der Waals surface area contributed by atoms with E-state index >= 15 is 4.39 Å². The molecule has 3 aliphatic heterocycles. The van der Waals surface area contributed by atoms with E-state index in [-0.39, 0.29) is 18.7 Å². The lowest BCUT2D eigenvalue weighted by Crippen LogP contribution is -2.54. The van der Waals surface area contributed by atoms with Gasteiger partial charge >= 0.3 is 0 Å². The molecule has 0 bridgehead atoms. The average molecular weight is 357 g/mol. The number of fused-ring (bicyclic) bond motifs is 1. The summed E-state index contributed by atoms with van der Waals surface area (Å²) in [4.78, 5) is 14.0. The second kappa shape index (κ2) is 6.50. The summed E-state index contributed by atoms with van der Waals surface area (Å²) in [5, 5.41) is 10.3. The molecule has 1 saturated heterocycles. The van der Waals surface area contributed by atoms with Crippen LogP contribution >= 0.6 is 0 Å². The first kappa shape index (κ1) is 18.0. The van der Waals surface area contributed by atoms with Crippen LogP contribution in [0.25, 0.3) is 0 Å². The van der Waals surface area contributed by atoms with Crippen molar-refractivity contribution in [2.24, 2.45) is 20.7 Å². The number of nitrogens with zero attached hydrogens (tertiary/aromatic N) is 4. The summed E-state index contributed by atoms with van der Waals surface area (Å²) < 4.78 is 31.7. The molecule has 0 radical (unpaired) electrons. The number of rotatable bonds is 4. The number of hydrogen-bond acceptors (Lipinski definition) is 9. The van der Waals surface area contributed by atoms with Gasteiger partial charge < -0.3 is 30.0 Å². The van der Waals surface area contributed by atoms with Crippen LogP contribution in [0.15, 0.2) is 15.0 Å². The van der Waals surface area contributed by atoms with Crippen molar-refractivity contribution in [3.05, 3.63) is 0 Å². The van der Waals surface area contributed by atoms with Gasteiger partial charge in [-0.1, -0.05) is 0 Å². The predicted molar refractivity (Wildman–Crippen MR) is 89.2 cm³/mol. The summed E-state index contributed by atoms with van der Waals surface area (Å²) in [6.07, 6.45) is -2.48. The first-order valence-electron chi connectivity index (χ1n) is 8.16. The molecule has 9 nitrogen and oxygen atoms in total. The Kier molecular flexibility index (Phi) is 4.69. The minimum absolute atomic E-state index is 0.0207. The SMILES string of the molecule is COC1=NC(N)=NC2C1N=CN2[C@@H]1O[C@H](COC(C)C)[C@@H](O)[C@@]1(C)F. The topological polar surface area (TPSA) is 114 Å². The van der Waals surface area contributed by atoms with Crippen molar-refractivity contribution in [2.45, 2.75) is 63.2 Å². The molecule has 3 rings (SSSR count). The quantitative estimate of drug-likeness (QED) is 0.710. The van der Waals surface area contributed by atoms with E-state index in [2.05, 4.69) is 15.0 Å². The van der Waals surface area contributed by atoms with E-state index in [9.17, 15) is 5.11 Å². The van der Waals surface area contributed by atoms with Crippen LogP contribution in [0.4, 0.5) is 4.39 Å². The van der Waals surface area contributed by atoms with Gasteiger partial charge in [-0.15, -0.1) is 0 Å². The number of methoxy groups -OCH3 is 1. The van der Waals surface area contributed by atoms with Crippen molar-refractivity contribution < 1.29 is 23.7 Å². The molecule has 25 heavy (non-hydrogen) atoms. The standard InChI is InChI=1S/C15H24FN5O4/c1-7(2)24-5-8-10(22)15(3,16)13(25-8)21-6-18-9-11(21)19-14(17)20-12(9)23-4/h6-11,13,22H,5H2,1-4H3,(H2,17,19)/t8-,9?,10-,11?,13-,15-/m1/s1. The molecule has 0 aromatic carbocycles. The lowest BCUT2D eigenvalue weighted by Gasteiger charge is -2.35. The number of aliphatic hydroxyl groups excluding tert-OH is 1. The van der Waals surface area contributed by atoms with Crippen molar-refractivity contribution in [3.8, 4) is 0 Å². The lowest BCUT2D eigenvalue weighted by molar-refractivity contribution is -0.0976. The van der Waals surface area contributed by atoms with Crippen LogP contribution < -0.4 is 5.73 Å². The zero-order chi connectivity index (χ0) is 18.4. The molecule has 0 aliphatic carbocycles. The Balaban J connectivity index is 1.80. The van der Waals surface area contributed by atoms with E-state index in [0.29, 0.717) is 5.90 Å². The fourth-order valence-corrected chi connectivity index (χ4v) is 3.16. The number of alkyl halides is 1. The van der Waals surface area contributed by atoms with Crippen LogP contribution in [0.2, 0.25) is 0 Å². The maximum atomic E-state index is 15.3. The van der Waals surface area contributed by atoms with Gasteiger partial charge in [-0.25, -0.2) is 9.38 Å². The summed E-state index contributed by atoms with van der Waals surface area (Å²) in [7, 11) is 1.46. The third-order valence-electron chi connectivity index (χ3n) is 4.48. The number of nitrogens with two attached hydrogens (primary N) is 1. The van der Waals surface area contributed by atoms with Crippen molar-refractivity contribution in [1.82, 2.24) is 4.90 Å². The smallest absolute Gasteiger partial charge is 0.220 e. The zero-order valence-corrected chi connectivity index (χ0v) is 14.7. The highest BCUT2D eigenvalue weighted by atomic mass is 19.1. The second-order valence-corrected chi connectivity index (χ2v) is 6.72. The van der Waals surface area contributed by atoms with Gasteiger partial charge in [-0.2, -0.15) is 4.99 Å². The highest BCUT2D eigenvalue weighted by Gasteiger charge is 2.59. The summed E-state index contributed by atoms with van der Waals surface area (Å²) in [6.45, 7) is 5.09. The van der Waals surface area contributed by atoms with E-state index in [4.69, 9.17) is 19.9 Å². The van der Waals surface area contributed by atoms with Gasteiger partial charge in [0.05, 0.1) is 26.2 Å². The lowest BCUT2D eigenvalue weighted by atomic mass is 9.97. The molecule has 3 heterocycles. The number of ether oxygens (including phenoxy) is 3. The van der Waals surface area contributed by atoms with E-state index in [1.165, 1.54) is 25.3 Å². The van der Waals surface area contributed by atoms with E-state index in [1.54, 1.807) is 0 Å². The van der Waals surface area contributed by atoms with Crippen LogP contribution in [0.3, 0.4) is 0 Å².